The summed E-state index contributed by atoms with van der Waals surface area (Å²) in [5.74, 6) is 1.02. The van der Waals surface area contributed by atoms with E-state index in [4.69, 9.17) is 0 Å². The number of aliphatic hydroxyl groups is 1. The number of anilines is 1. The first kappa shape index (κ1) is 12.3. The zero-order valence-corrected chi connectivity index (χ0v) is 10.6. The predicted octanol–water partition coefficient (Wildman–Crippen LogP) is 1.69. The Hall–Kier alpha value is -1.69. The molecule has 2 aromatic rings. The van der Waals surface area contributed by atoms with Gasteiger partial charge in [-0.1, -0.05) is 6.42 Å². The molecule has 0 amide bonds. The first-order chi connectivity index (χ1) is 9.26. The van der Waals surface area contributed by atoms with Gasteiger partial charge in [-0.2, -0.15) is 4.98 Å². The second kappa shape index (κ2) is 5.13. The molecule has 0 bridgehead atoms. The molecule has 0 spiro atoms. The van der Waals surface area contributed by atoms with E-state index in [2.05, 4.69) is 15.4 Å². The standard InChI is InChI=1S/C13H17FN4O/c14-11-4-5-12-16-13(17-18(12)7-11)15-6-9-2-1-3-10(9)8-19/h4-5,7,9-10,19H,1-3,6,8H2,(H,15,17). The molecule has 0 aromatic carbocycles. The quantitative estimate of drug-likeness (QED) is 0.882. The zero-order chi connectivity index (χ0) is 13.2. The Bertz CT molecular complexity index is 571. The SMILES string of the molecule is OCC1CCCC1CNc1nc2ccc(F)cn2n1. The smallest absolute Gasteiger partial charge is 0.243 e. The molecule has 102 valence electrons. The monoisotopic (exact) mass is 264 g/mol. The van der Waals surface area contributed by atoms with Gasteiger partial charge in [0, 0.05) is 13.2 Å². The Kier molecular flexibility index (Phi) is 3.33. The number of hydrogen-bond acceptors (Lipinski definition) is 4. The Balaban J connectivity index is 1.68. The second-order valence-electron chi connectivity index (χ2n) is 5.10. The summed E-state index contributed by atoms with van der Waals surface area (Å²) in [7, 11) is 0. The van der Waals surface area contributed by atoms with Crippen molar-refractivity contribution in [2.24, 2.45) is 11.8 Å². The van der Waals surface area contributed by atoms with Gasteiger partial charge in [0.25, 0.3) is 0 Å². The molecule has 0 radical (unpaired) electrons. The minimum Gasteiger partial charge on any atom is -0.396 e. The molecule has 2 atom stereocenters. The van der Waals surface area contributed by atoms with Crippen LogP contribution in [0.25, 0.3) is 5.65 Å². The van der Waals surface area contributed by atoms with Gasteiger partial charge < -0.3 is 10.4 Å². The molecule has 3 rings (SSSR count). The maximum atomic E-state index is 13.0. The van der Waals surface area contributed by atoms with Crippen LogP contribution in [0.5, 0.6) is 0 Å². The minimum atomic E-state index is -0.333. The molecule has 1 fully saturated rings. The van der Waals surface area contributed by atoms with Crippen molar-refractivity contribution < 1.29 is 9.50 Å². The fourth-order valence-corrected chi connectivity index (χ4v) is 2.78. The number of halogens is 1. The van der Waals surface area contributed by atoms with Gasteiger partial charge in [-0.15, -0.1) is 5.10 Å². The highest BCUT2D eigenvalue weighted by atomic mass is 19.1. The molecule has 6 heteroatoms. The average molecular weight is 264 g/mol. The van der Waals surface area contributed by atoms with E-state index in [1.54, 1.807) is 6.07 Å². The normalized spacial score (nSPS) is 23.1. The number of hydrogen-bond donors (Lipinski definition) is 2. The van der Waals surface area contributed by atoms with Crippen molar-refractivity contribution >= 4 is 11.6 Å². The highest BCUT2D eigenvalue weighted by molar-refractivity contribution is 5.43. The van der Waals surface area contributed by atoms with Crippen molar-refractivity contribution in [3.8, 4) is 0 Å². The van der Waals surface area contributed by atoms with Gasteiger partial charge in [-0.25, -0.2) is 8.91 Å². The summed E-state index contributed by atoms with van der Waals surface area (Å²) >= 11 is 0. The molecular formula is C13H17FN4O. The number of aromatic nitrogens is 3. The molecule has 0 saturated heterocycles. The van der Waals surface area contributed by atoms with E-state index in [1.165, 1.54) is 23.2 Å². The lowest BCUT2D eigenvalue weighted by Crippen LogP contribution is -2.21. The van der Waals surface area contributed by atoms with Gasteiger partial charge in [0.15, 0.2) is 5.65 Å². The van der Waals surface area contributed by atoms with Gasteiger partial charge in [-0.3, -0.25) is 0 Å². The Morgan fingerprint density at radius 3 is 3.05 bits per heavy atom. The van der Waals surface area contributed by atoms with Crippen molar-refractivity contribution in [3.63, 3.8) is 0 Å². The Morgan fingerprint density at radius 1 is 1.37 bits per heavy atom. The van der Waals surface area contributed by atoms with Crippen LogP contribution in [-0.2, 0) is 0 Å². The molecule has 2 heterocycles. The molecule has 1 aliphatic rings. The molecule has 2 N–H and O–H groups in total. The zero-order valence-electron chi connectivity index (χ0n) is 10.6. The number of pyridine rings is 1. The third kappa shape index (κ3) is 2.53. The Morgan fingerprint density at radius 2 is 2.21 bits per heavy atom. The van der Waals surface area contributed by atoms with Crippen molar-refractivity contribution in [3.05, 3.63) is 24.1 Å². The predicted molar refractivity (Wildman–Crippen MR) is 69.4 cm³/mol. The van der Waals surface area contributed by atoms with Crippen LogP contribution in [0.2, 0.25) is 0 Å². The van der Waals surface area contributed by atoms with Crippen LogP contribution in [-0.4, -0.2) is 32.9 Å². The molecule has 2 aromatic heterocycles. The van der Waals surface area contributed by atoms with E-state index in [9.17, 15) is 9.50 Å². The molecule has 1 aliphatic carbocycles. The molecule has 2 unspecified atom stereocenters. The van der Waals surface area contributed by atoms with Crippen LogP contribution >= 0.6 is 0 Å². The van der Waals surface area contributed by atoms with Gasteiger partial charge in [0.1, 0.15) is 5.82 Å². The molecule has 0 aliphatic heterocycles. The summed E-state index contributed by atoms with van der Waals surface area (Å²) in [6, 6.07) is 2.96. The molecule has 5 nitrogen and oxygen atoms in total. The number of nitrogens with one attached hydrogen (secondary N) is 1. The Labute approximate surface area is 110 Å². The summed E-state index contributed by atoms with van der Waals surface area (Å²) in [6.45, 7) is 1.00. The minimum absolute atomic E-state index is 0.246. The number of fused-ring (bicyclic) bond motifs is 1. The highest BCUT2D eigenvalue weighted by Gasteiger charge is 2.26. The lowest BCUT2D eigenvalue weighted by molar-refractivity contribution is 0.199. The summed E-state index contributed by atoms with van der Waals surface area (Å²) in [5.41, 5.74) is 0.619. The first-order valence-electron chi connectivity index (χ1n) is 6.63. The van der Waals surface area contributed by atoms with Crippen molar-refractivity contribution in [1.29, 1.82) is 0 Å². The third-order valence-corrected chi connectivity index (χ3v) is 3.87. The lowest BCUT2D eigenvalue weighted by Gasteiger charge is -2.16. The fourth-order valence-electron chi connectivity index (χ4n) is 2.78. The van der Waals surface area contributed by atoms with E-state index in [0.29, 0.717) is 23.4 Å². The van der Waals surface area contributed by atoms with Gasteiger partial charge in [0.05, 0.1) is 6.20 Å². The van der Waals surface area contributed by atoms with Crippen molar-refractivity contribution in [1.82, 2.24) is 14.6 Å². The van der Waals surface area contributed by atoms with E-state index < -0.39 is 0 Å². The van der Waals surface area contributed by atoms with Crippen LogP contribution in [0, 0.1) is 17.7 Å². The average Bonchev–Trinajstić information content (AvgIpc) is 3.01. The molecule has 1 saturated carbocycles. The van der Waals surface area contributed by atoms with Crippen LogP contribution in [0.4, 0.5) is 10.3 Å². The number of rotatable bonds is 4. The number of nitrogens with zero attached hydrogens (tertiary/aromatic N) is 3. The van der Waals surface area contributed by atoms with Gasteiger partial charge >= 0.3 is 0 Å². The van der Waals surface area contributed by atoms with E-state index in [-0.39, 0.29) is 12.4 Å². The second-order valence-corrected chi connectivity index (χ2v) is 5.10. The highest BCUT2D eigenvalue weighted by Crippen LogP contribution is 2.31. The summed E-state index contributed by atoms with van der Waals surface area (Å²) < 4.78 is 14.5. The largest absolute Gasteiger partial charge is 0.396 e. The van der Waals surface area contributed by atoms with Crippen LogP contribution in [0.3, 0.4) is 0 Å². The molecular weight excluding hydrogens is 247 g/mol. The van der Waals surface area contributed by atoms with Crippen molar-refractivity contribution in [2.45, 2.75) is 19.3 Å². The summed E-state index contributed by atoms with van der Waals surface area (Å²) in [4.78, 5) is 4.28. The van der Waals surface area contributed by atoms with E-state index >= 15 is 0 Å². The first-order valence-corrected chi connectivity index (χ1v) is 6.63. The van der Waals surface area contributed by atoms with Gasteiger partial charge in [-0.05, 0) is 36.8 Å². The summed E-state index contributed by atoms with van der Waals surface area (Å²) in [6.07, 6.45) is 4.69. The van der Waals surface area contributed by atoms with E-state index in [0.717, 1.165) is 19.4 Å². The van der Waals surface area contributed by atoms with E-state index in [1.807, 2.05) is 0 Å². The summed E-state index contributed by atoms with van der Waals surface area (Å²) in [5, 5.41) is 16.6. The van der Waals surface area contributed by atoms with Crippen LogP contribution in [0.1, 0.15) is 19.3 Å². The topological polar surface area (TPSA) is 62.5 Å². The maximum absolute atomic E-state index is 13.0. The van der Waals surface area contributed by atoms with Gasteiger partial charge in [0.2, 0.25) is 5.95 Å². The van der Waals surface area contributed by atoms with Crippen LogP contribution < -0.4 is 5.32 Å². The maximum Gasteiger partial charge on any atom is 0.243 e. The molecule has 19 heavy (non-hydrogen) atoms. The van der Waals surface area contributed by atoms with Crippen LogP contribution in [0.15, 0.2) is 18.3 Å². The fraction of sp³-hybridized carbons (Fsp3) is 0.538. The number of aliphatic hydroxyl groups excluding tert-OH is 1. The van der Waals surface area contributed by atoms with Crippen molar-refractivity contribution in [2.75, 3.05) is 18.5 Å². The lowest BCUT2D eigenvalue weighted by atomic mass is 9.97. The third-order valence-electron chi connectivity index (χ3n) is 3.87.